The Morgan fingerprint density at radius 3 is 2.41 bits per heavy atom. The van der Waals surface area contributed by atoms with Crippen molar-refractivity contribution in [2.24, 2.45) is 13.0 Å². The Labute approximate surface area is 245 Å². The van der Waals surface area contributed by atoms with Gasteiger partial charge in [0, 0.05) is 49.9 Å². The first-order chi connectivity index (χ1) is 19.8. The maximum atomic E-state index is 12.4. The first kappa shape index (κ1) is 30.7. The number of thioether (sulfide) groups is 1. The molecule has 11 heteroatoms. The predicted molar refractivity (Wildman–Crippen MR) is 157 cm³/mol. The molecule has 41 heavy (non-hydrogen) atoms. The minimum Gasteiger partial charge on any atom is -0.392 e. The lowest BCUT2D eigenvalue weighted by molar-refractivity contribution is -0.268. The van der Waals surface area contributed by atoms with Gasteiger partial charge in [-0.05, 0) is 36.1 Å². The molecule has 1 aromatic heterocycles. The summed E-state index contributed by atoms with van der Waals surface area (Å²) < 4.78 is 14.9. The minimum absolute atomic E-state index is 0.00838. The van der Waals surface area contributed by atoms with Gasteiger partial charge in [-0.25, -0.2) is 0 Å². The van der Waals surface area contributed by atoms with Gasteiger partial charge in [-0.2, -0.15) is 0 Å². The summed E-state index contributed by atoms with van der Waals surface area (Å²) in [5.74, 6) is 0.665. The molecular weight excluding hydrogens is 542 g/mol. The summed E-state index contributed by atoms with van der Waals surface area (Å²) >= 11 is 1.60. The highest BCUT2D eigenvalue weighted by Gasteiger charge is 2.38. The van der Waals surface area contributed by atoms with Crippen molar-refractivity contribution in [3.05, 3.63) is 71.5 Å². The molecule has 1 aliphatic rings. The Bertz CT molecular complexity index is 1270. The number of carbonyl (C=O) groups excluding carboxylic acids is 2. The van der Waals surface area contributed by atoms with Crippen LogP contribution in [0.1, 0.15) is 68.6 Å². The van der Waals surface area contributed by atoms with Crippen LogP contribution in [0.25, 0.3) is 0 Å². The van der Waals surface area contributed by atoms with Crippen molar-refractivity contribution in [3.8, 4) is 0 Å². The van der Waals surface area contributed by atoms with Gasteiger partial charge >= 0.3 is 0 Å². The van der Waals surface area contributed by atoms with E-state index < -0.39 is 6.29 Å². The molecule has 220 valence electrons. The van der Waals surface area contributed by atoms with E-state index in [0.717, 1.165) is 41.1 Å². The molecule has 2 amide bonds. The molecule has 0 saturated carbocycles. The number of unbranched alkanes of at least 4 members (excludes halogenated alkanes) is 2. The quantitative estimate of drug-likeness (QED) is 0.199. The molecule has 1 saturated heterocycles. The van der Waals surface area contributed by atoms with E-state index in [4.69, 9.17) is 9.47 Å². The highest BCUT2D eigenvalue weighted by molar-refractivity contribution is 7.99. The molecule has 0 radical (unpaired) electrons. The maximum Gasteiger partial charge on any atom is 0.224 e. The van der Waals surface area contributed by atoms with Crippen LogP contribution in [0.2, 0.25) is 0 Å². The monoisotopic (exact) mass is 581 g/mol. The van der Waals surface area contributed by atoms with E-state index in [-0.39, 0.29) is 36.5 Å². The lowest BCUT2D eigenvalue weighted by atomic mass is 9.91. The fourth-order valence-corrected chi connectivity index (χ4v) is 5.72. The summed E-state index contributed by atoms with van der Waals surface area (Å²) in [7, 11) is 1.92. The van der Waals surface area contributed by atoms with Crippen molar-refractivity contribution >= 4 is 29.3 Å². The number of nitrogens with zero attached hydrogens (tertiary/aromatic N) is 3. The number of ether oxygens (including phenoxy) is 2. The zero-order valence-electron chi connectivity index (χ0n) is 23.8. The van der Waals surface area contributed by atoms with Crippen LogP contribution >= 0.6 is 11.8 Å². The molecule has 3 N–H and O–H groups in total. The Morgan fingerprint density at radius 2 is 1.76 bits per heavy atom. The molecule has 0 unspecified atom stereocenters. The number of amides is 2. The highest BCUT2D eigenvalue weighted by atomic mass is 32.2. The minimum atomic E-state index is -0.591. The van der Waals surface area contributed by atoms with Gasteiger partial charge in [-0.3, -0.25) is 9.59 Å². The summed E-state index contributed by atoms with van der Waals surface area (Å²) in [6.45, 7) is 4.25. The van der Waals surface area contributed by atoms with Gasteiger partial charge in [-0.15, -0.1) is 10.2 Å². The van der Waals surface area contributed by atoms with Gasteiger partial charge in [0.25, 0.3) is 0 Å². The Kier molecular flexibility index (Phi) is 11.3. The van der Waals surface area contributed by atoms with E-state index in [1.165, 1.54) is 6.92 Å². The molecule has 10 nitrogen and oxygen atoms in total. The summed E-state index contributed by atoms with van der Waals surface area (Å²) in [5.41, 5.74) is 3.45. The number of rotatable bonds is 13. The Hall–Kier alpha value is -3.25. The number of hydrogen-bond donors (Lipinski definition) is 3. The second kappa shape index (κ2) is 15.1. The molecule has 0 bridgehead atoms. The van der Waals surface area contributed by atoms with E-state index in [1.54, 1.807) is 18.1 Å². The largest absolute Gasteiger partial charge is 0.392 e. The lowest BCUT2D eigenvalue weighted by Gasteiger charge is -2.41. The van der Waals surface area contributed by atoms with Crippen LogP contribution in [0.15, 0.2) is 60.0 Å². The molecule has 4 atom stereocenters. The zero-order chi connectivity index (χ0) is 29.2. The molecule has 2 heterocycles. The SMILES string of the molecule is CC(=O)NCCCCCC(=O)Nc1ccc([C@@H]2O[C@H](CSc3nncn3C)[C@H](C)[C@H](c3ccc(CO)cc3)O2)cc1. The Balaban J connectivity index is 1.39. The summed E-state index contributed by atoms with van der Waals surface area (Å²) in [5, 5.41) is 24.2. The van der Waals surface area contributed by atoms with Gasteiger partial charge < -0.3 is 29.8 Å². The topological polar surface area (TPSA) is 128 Å². The van der Waals surface area contributed by atoms with Crippen LogP contribution in [-0.2, 0) is 32.7 Å². The fraction of sp³-hybridized carbons (Fsp3) is 0.467. The third kappa shape index (κ3) is 8.87. The summed E-state index contributed by atoms with van der Waals surface area (Å²) in [6, 6.07) is 15.4. The van der Waals surface area contributed by atoms with Gasteiger partial charge in [-0.1, -0.05) is 61.5 Å². The summed E-state index contributed by atoms with van der Waals surface area (Å²) in [6.07, 6.45) is 3.68. The lowest BCUT2D eigenvalue weighted by Crippen LogP contribution is -2.38. The number of benzene rings is 2. The number of aromatic nitrogens is 3. The molecule has 1 fully saturated rings. The van der Waals surface area contributed by atoms with Gasteiger partial charge in [0.05, 0.1) is 18.8 Å². The standard InChI is InChI=1S/C30H39N5O5S/c1-20-26(18-41-30-34-32-19-35(30)3)39-29(40-28(20)23-10-8-22(17-36)9-11-23)24-12-14-25(15-13-24)33-27(38)7-5-4-6-16-31-21(2)37/h8-15,19-20,26,28-29,36H,4-7,16-18H2,1-3H3,(H,31,37)(H,33,38)/t20-,26+,28+,29+/m0/s1. The van der Waals surface area contributed by atoms with Crippen LogP contribution < -0.4 is 10.6 Å². The number of anilines is 1. The van der Waals surface area contributed by atoms with Gasteiger partial charge in [0.15, 0.2) is 11.4 Å². The maximum absolute atomic E-state index is 12.4. The molecule has 0 spiro atoms. The second-order valence-corrected chi connectivity index (χ2v) is 11.3. The van der Waals surface area contributed by atoms with Crippen molar-refractivity contribution in [1.29, 1.82) is 0 Å². The van der Waals surface area contributed by atoms with Crippen molar-refractivity contribution < 1.29 is 24.2 Å². The molecular formula is C30H39N5O5S. The van der Waals surface area contributed by atoms with Crippen molar-refractivity contribution in [1.82, 2.24) is 20.1 Å². The molecule has 1 aliphatic heterocycles. The van der Waals surface area contributed by atoms with Crippen LogP contribution in [0, 0.1) is 5.92 Å². The number of aryl methyl sites for hydroxylation is 1. The smallest absolute Gasteiger partial charge is 0.224 e. The van der Waals surface area contributed by atoms with Crippen LogP contribution in [-0.4, -0.2) is 50.1 Å². The third-order valence-corrected chi connectivity index (χ3v) is 8.21. The first-order valence-electron chi connectivity index (χ1n) is 14.0. The molecule has 2 aromatic carbocycles. The average molecular weight is 582 g/mol. The number of aliphatic hydroxyl groups is 1. The average Bonchev–Trinajstić information content (AvgIpc) is 3.39. The molecule has 0 aliphatic carbocycles. The van der Waals surface area contributed by atoms with E-state index >= 15 is 0 Å². The fourth-order valence-electron chi connectivity index (χ4n) is 4.67. The van der Waals surface area contributed by atoms with E-state index in [9.17, 15) is 14.7 Å². The van der Waals surface area contributed by atoms with Gasteiger partial charge in [0.2, 0.25) is 11.8 Å². The van der Waals surface area contributed by atoms with E-state index in [1.807, 2.05) is 60.1 Å². The predicted octanol–water partition coefficient (Wildman–Crippen LogP) is 4.53. The normalized spacial score (nSPS) is 20.5. The molecule has 4 rings (SSSR count). The summed E-state index contributed by atoms with van der Waals surface area (Å²) in [4.78, 5) is 23.3. The number of hydrogen-bond acceptors (Lipinski definition) is 8. The van der Waals surface area contributed by atoms with Crippen molar-refractivity contribution in [2.45, 2.75) is 69.8 Å². The number of nitrogens with one attached hydrogen (secondary N) is 2. The zero-order valence-corrected chi connectivity index (χ0v) is 24.6. The molecule has 3 aromatic rings. The van der Waals surface area contributed by atoms with E-state index in [0.29, 0.717) is 24.4 Å². The van der Waals surface area contributed by atoms with Crippen molar-refractivity contribution in [3.63, 3.8) is 0 Å². The third-order valence-electron chi connectivity index (χ3n) is 7.09. The van der Waals surface area contributed by atoms with E-state index in [2.05, 4.69) is 27.8 Å². The number of aliphatic hydroxyl groups excluding tert-OH is 1. The first-order valence-corrected chi connectivity index (χ1v) is 14.9. The van der Waals surface area contributed by atoms with Gasteiger partial charge in [0.1, 0.15) is 6.33 Å². The van der Waals surface area contributed by atoms with Crippen LogP contribution in [0.5, 0.6) is 0 Å². The van der Waals surface area contributed by atoms with Crippen molar-refractivity contribution in [2.75, 3.05) is 17.6 Å². The van der Waals surface area contributed by atoms with Crippen LogP contribution in [0.3, 0.4) is 0 Å². The number of carbonyl (C=O) groups is 2. The second-order valence-electron chi connectivity index (χ2n) is 10.3. The highest BCUT2D eigenvalue weighted by Crippen LogP contribution is 2.43. The Morgan fingerprint density at radius 1 is 1.02 bits per heavy atom. The van der Waals surface area contributed by atoms with Crippen LogP contribution in [0.4, 0.5) is 5.69 Å².